The van der Waals surface area contributed by atoms with E-state index < -0.39 is 0 Å². The molecule has 0 radical (unpaired) electrons. The highest BCUT2D eigenvalue weighted by molar-refractivity contribution is 5.53. The first-order chi connectivity index (χ1) is 8.79. The van der Waals surface area contributed by atoms with Gasteiger partial charge in [0.1, 0.15) is 0 Å². The molecule has 0 amide bonds. The molecule has 18 heavy (non-hydrogen) atoms. The summed E-state index contributed by atoms with van der Waals surface area (Å²) in [5.74, 6) is 1.49. The Bertz CT molecular complexity index is 478. The Morgan fingerprint density at radius 1 is 1.39 bits per heavy atom. The molecule has 0 aliphatic rings. The quantitative estimate of drug-likeness (QED) is 0.738. The summed E-state index contributed by atoms with van der Waals surface area (Å²) in [6.07, 6.45) is 6.17. The average Bonchev–Trinajstić information content (AvgIpc) is 2.97. The molecule has 2 rings (SSSR count). The van der Waals surface area contributed by atoms with Crippen molar-refractivity contribution >= 4 is 0 Å². The molecule has 1 N–H and O–H groups in total. The monoisotopic (exact) mass is 250 g/mol. The van der Waals surface area contributed by atoms with Crippen LogP contribution in [-0.2, 0) is 18.2 Å². The molecule has 0 unspecified atom stereocenters. The summed E-state index contributed by atoms with van der Waals surface area (Å²) >= 11 is 0. The van der Waals surface area contributed by atoms with E-state index in [0.29, 0.717) is 6.61 Å². The number of nitrogens with zero attached hydrogens (tertiary/aromatic N) is 3. The molecule has 0 saturated heterocycles. The molecule has 0 aliphatic heterocycles. The van der Waals surface area contributed by atoms with Gasteiger partial charge in [-0.1, -0.05) is 0 Å². The van der Waals surface area contributed by atoms with Crippen molar-refractivity contribution in [1.82, 2.24) is 20.1 Å². The molecular weight excluding hydrogens is 232 g/mol. The van der Waals surface area contributed by atoms with E-state index in [9.17, 15) is 0 Å². The first kappa shape index (κ1) is 12.8. The van der Waals surface area contributed by atoms with Gasteiger partial charge in [0.25, 0.3) is 0 Å². The van der Waals surface area contributed by atoms with Crippen molar-refractivity contribution < 1.29 is 9.15 Å². The first-order valence-electron chi connectivity index (χ1n) is 5.93. The molecule has 0 fully saturated rings. The molecule has 98 valence electrons. The largest absolute Gasteiger partial charge is 0.441 e. The number of nitrogens with one attached hydrogen (secondary N) is 1. The molecule has 6 heteroatoms. The van der Waals surface area contributed by atoms with Gasteiger partial charge in [0, 0.05) is 39.9 Å². The molecule has 0 aromatic carbocycles. The summed E-state index contributed by atoms with van der Waals surface area (Å²) in [7, 11) is 3.57. The lowest BCUT2D eigenvalue weighted by Crippen LogP contribution is -2.21. The number of ether oxygens (including phenoxy) is 1. The van der Waals surface area contributed by atoms with Gasteiger partial charge in [-0.2, -0.15) is 5.10 Å². The van der Waals surface area contributed by atoms with Crippen molar-refractivity contribution in [2.45, 2.75) is 6.42 Å². The second kappa shape index (κ2) is 6.32. The SMILES string of the molecule is COCCNCCc1ncc(-c2cnn(C)c2)o1. The van der Waals surface area contributed by atoms with E-state index in [1.54, 1.807) is 24.2 Å². The third kappa shape index (κ3) is 3.41. The zero-order valence-corrected chi connectivity index (χ0v) is 10.7. The van der Waals surface area contributed by atoms with Gasteiger partial charge in [-0.3, -0.25) is 4.68 Å². The minimum atomic E-state index is 0.715. The highest BCUT2D eigenvalue weighted by Gasteiger charge is 2.07. The molecule has 0 bridgehead atoms. The number of hydrogen-bond donors (Lipinski definition) is 1. The Balaban J connectivity index is 1.83. The minimum Gasteiger partial charge on any atom is -0.441 e. The first-order valence-corrected chi connectivity index (χ1v) is 5.93. The van der Waals surface area contributed by atoms with Crippen molar-refractivity contribution in [3.8, 4) is 11.3 Å². The third-order valence-electron chi connectivity index (χ3n) is 2.54. The maximum atomic E-state index is 5.65. The van der Waals surface area contributed by atoms with E-state index in [0.717, 1.165) is 36.7 Å². The zero-order chi connectivity index (χ0) is 12.8. The number of hydrogen-bond acceptors (Lipinski definition) is 5. The summed E-state index contributed by atoms with van der Waals surface area (Å²) in [5.41, 5.74) is 0.948. The maximum Gasteiger partial charge on any atom is 0.196 e. The Hall–Kier alpha value is -1.66. The van der Waals surface area contributed by atoms with Crippen LogP contribution in [0.1, 0.15) is 5.89 Å². The van der Waals surface area contributed by atoms with Crippen molar-refractivity contribution in [1.29, 1.82) is 0 Å². The lowest BCUT2D eigenvalue weighted by atomic mass is 10.3. The second-order valence-corrected chi connectivity index (χ2v) is 4.01. The van der Waals surface area contributed by atoms with Crippen LogP contribution >= 0.6 is 0 Å². The molecule has 0 atom stereocenters. The van der Waals surface area contributed by atoms with Gasteiger partial charge in [0.15, 0.2) is 11.7 Å². The topological polar surface area (TPSA) is 65.1 Å². The number of oxazole rings is 1. The normalized spacial score (nSPS) is 11.0. The zero-order valence-electron chi connectivity index (χ0n) is 10.7. The molecule has 0 spiro atoms. The Morgan fingerprint density at radius 2 is 2.28 bits per heavy atom. The van der Waals surface area contributed by atoms with Crippen molar-refractivity contribution in [2.75, 3.05) is 26.8 Å². The number of rotatable bonds is 7. The molecule has 2 aromatic rings. The average molecular weight is 250 g/mol. The number of methoxy groups -OCH3 is 1. The fourth-order valence-corrected chi connectivity index (χ4v) is 1.60. The van der Waals surface area contributed by atoms with E-state index in [1.165, 1.54) is 0 Å². The van der Waals surface area contributed by atoms with Crippen LogP contribution in [0.4, 0.5) is 0 Å². The van der Waals surface area contributed by atoms with Crippen LogP contribution in [-0.4, -0.2) is 41.6 Å². The van der Waals surface area contributed by atoms with Gasteiger partial charge in [-0.15, -0.1) is 0 Å². The van der Waals surface area contributed by atoms with Crippen LogP contribution in [0.2, 0.25) is 0 Å². The molecule has 2 heterocycles. The lowest BCUT2D eigenvalue weighted by Gasteiger charge is -2.00. The highest BCUT2D eigenvalue weighted by Crippen LogP contribution is 2.19. The Kier molecular flexibility index (Phi) is 4.49. The van der Waals surface area contributed by atoms with E-state index in [2.05, 4.69) is 15.4 Å². The predicted octanol–water partition coefficient (Wildman–Crippen LogP) is 0.854. The van der Waals surface area contributed by atoms with Crippen molar-refractivity contribution in [3.05, 3.63) is 24.5 Å². The van der Waals surface area contributed by atoms with Gasteiger partial charge in [0.2, 0.25) is 0 Å². The fourth-order valence-electron chi connectivity index (χ4n) is 1.60. The summed E-state index contributed by atoms with van der Waals surface area (Å²) in [6, 6.07) is 0. The summed E-state index contributed by atoms with van der Waals surface area (Å²) in [4.78, 5) is 4.24. The minimum absolute atomic E-state index is 0.715. The fraction of sp³-hybridized carbons (Fsp3) is 0.500. The molecule has 2 aromatic heterocycles. The molecule has 6 nitrogen and oxygen atoms in total. The van der Waals surface area contributed by atoms with E-state index in [4.69, 9.17) is 9.15 Å². The third-order valence-corrected chi connectivity index (χ3v) is 2.54. The van der Waals surface area contributed by atoms with Crippen LogP contribution in [0.5, 0.6) is 0 Å². The maximum absolute atomic E-state index is 5.65. The smallest absolute Gasteiger partial charge is 0.196 e. The number of aromatic nitrogens is 3. The van der Waals surface area contributed by atoms with Crippen molar-refractivity contribution in [2.24, 2.45) is 7.05 Å². The van der Waals surface area contributed by atoms with Crippen LogP contribution < -0.4 is 5.32 Å². The van der Waals surface area contributed by atoms with E-state index in [-0.39, 0.29) is 0 Å². The molecular formula is C12H18N4O2. The van der Waals surface area contributed by atoms with E-state index in [1.807, 2.05) is 13.2 Å². The summed E-state index contributed by atoms with van der Waals surface area (Å²) in [5, 5.41) is 7.35. The Morgan fingerprint density at radius 3 is 3.00 bits per heavy atom. The standard InChI is InChI=1S/C12H18N4O2/c1-16-9-10(7-15-16)11-8-14-12(18-11)3-4-13-5-6-17-2/h7-9,13H,3-6H2,1-2H3. The van der Waals surface area contributed by atoms with Gasteiger partial charge in [-0.05, 0) is 0 Å². The van der Waals surface area contributed by atoms with Gasteiger partial charge in [0.05, 0.1) is 24.6 Å². The van der Waals surface area contributed by atoms with Crippen LogP contribution in [0, 0.1) is 0 Å². The lowest BCUT2D eigenvalue weighted by molar-refractivity contribution is 0.199. The summed E-state index contributed by atoms with van der Waals surface area (Å²) < 4.78 is 12.3. The van der Waals surface area contributed by atoms with Crippen molar-refractivity contribution in [3.63, 3.8) is 0 Å². The Labute approximate surface area is 106 Å². The second-order valence-electron chi connectivity index (χ2n) is 4.01. The number of aryl methyl sites for hydroxylation is 1. The summed E-state index contributed by atoms with van der Waals surface area (Å²) in [6.45, 7) is 2.38. The van der Waals surface area contributed by atoms with E-state index >= 15 is 0 Å². The van der Waals surface area contributed by atoms with Crippen LogP contribution in [0.25, 0.3) is 11.3 Å². The van der Waals surface area contributed by atoms with Crippen LogP contribution in [0.3, 0.4) is 0 Å². The molecule has 0 saturated carbocycles. The van der Waals surface area contributed by atoms with Crippen LogP contribution in [0.15, 0.2) is 23.0 Å². The highest BCUT2D eigenvalue weighted by atomic mass is 16.5. The predicted molar refractivity (Wildman–Crippen MR) is 67.2 cm³/mol. The van der Waals surface area contributed by atoms with Gasteiger partial charge < -0.3 is 14.5 Å². The van der Waals surface area contributed by atoms with Gasteiger partial charge >= 0.3 is 0 Å². The molecule has 0 aliphatic carbocycles. The van der Waals surface area contributed by atoms with Gasteiger partial charge in [-0.25, -0.2) is 4.98 Å².